The van der Waals surface area contributed by atoms with Crippen molar-refractivity contribution in [2.24, 2.45) is 5.73 Å². The molecule has 1 aromatic heterocycles. The smallest absolute Gasteiger partial charge is 0.222 e. The van der Waals surface area contributed by atoms with Gasteiger partial charge in [0.15, 0.2) is 0 Å². The van der Waals surface area contributed by atoms with Gasteiger partial charge in [-0.1, -0.05) is 18.2 Å². The van der Waals surface area contributed by atoms with E-state index in [-0.39, 0.29) is 11.9 Å². The van der Waals surface area contributed by atoms with Crippen molar-refractivity contribution in [3.63, 3.8) is 0 Å². The van der Waals surface area contributed by atoms with Gasteiger partial charge in [-0.25, -0.2) is 4.68 Å². The molecule has 5 heteroatoms. The molecule has 0 radical (unpaired) electrons. The van der Waals surface area contributed by atoms with Crippen LogP contribution in [0.15, 0.2) is 42.7 Å². The fourth-order valence-electron chi connectivity index (χ4n) is 2.07. The van der Waals surface area contributed by atoms with Gasteiger partial charge in [-0.05, 0) is 25.5 Å². The van der Waals surface area contributed by atoms with Crippen LogP contribution in [0.4, 0.5) is 0 Å². The van der Waals surface area contributed by atoms with Crippen LogP contribution in [0.3, 0.4) is 0 Å². The molecule has 0 aliphatic heterocycles. The number of rotatable bonds is 6. The molecule has 0 fully saturated rings. The quantitative estimate of drug-likeness (QED) is 0.883. The first-order valence-electron chi connectivity index (χ1n) is 7.15. The molecule has 5 nitrogen and oxygen atoms in total. The van der Waals surface area contributed by atoms with Crippen molar-refractivity contribution in [1.82, 2.24) is 14.7 Å². The number of carbonyl (C=O) groups excluding carboxylic acids is 1. The van der Waals surface area contributed by atoms with Crippen LogP contribution in [0, 0.1) is 0 Å². The summed E-state index contributed by atoms with van der Waals surface area (Å²) in [6, 6.07) is 9.96. The number of aromatic nitrogens is 2. The summed E-state index contributed by atoms with van der Waals surface area (Å²) in [5.41, 5.74) is 7.70. The Morgan fingerprint density at radius 3 is 2.76 bits per heavy atom. The summed E-state index contributed by atoms with van der Waals surface area (Å²) in [4.78, 5) is 13.7. The van der Waals surface area contributed by atoms with Gasteiger partial charge in [-0.2, -0.15) is 5.10 Å². The molecule has 1 atom stereocenters. The fraction of sp³-hybridized carbons (Fsp3) is 0.375. The number of hydrogen-bond donors (Lipinski definition) is 1. The van der Waals surface area contributed by atoms with Crippen LogP contribution < -0.4 is 5.73 Å². The third kappa shape index (κ3) is 4.43. The number of hydrogen-bond acceptors (Lipinski definition) is 3. The molecule has 0 spiro atoms. The van der Waals surface area contributed by atoms with Crippen molar-refractivity contribution in [1.29, 1.82) is 0 Å². The van der Waals surface area contributed by atoms with Crippen LogP contribution in [0.2, 0.25) is 0 Å². The van der Waals surface area contributed by atoms with Crippen LogP contribution in [0.1, 0.15) is 25.3 Å². The Bertz CT molecular complexity index is 577. The van der Waals surface area contributed by atoms with E-state index in [1.807, 2.05) is 55.2 Å². The molecule has 0 aliphatic rings. The minimum absolute atomic E-state index is 0.0585. The van der Waals surface area contributed by atoms with E-state index in [1.165, 1.54) is 0 Å². The molecule has 21 heavy (non-hydrogen) atoms. The molecule has 1 amide bonds. The second kappa shape index (κ2) is 7.04. The molecule has 0 aliphatic carbocycles. The average molecular weight is 286 g/mol. The third-order valence-corrected chi connectivity index (χ3v) is 3.32. The zero-order chi connectivity index (χ0) is 15.2. The Morgan fingerprint density at radius 2 is 2.10 bits per heavy atom. The van der Waals surface area contributed by atoms with Gasteiger partial charge in [-0.3, -0.25) is 4.79 Å². The first-order chi connectivity index (χ1) is 10.1. The molecule has 1 unspecified atom stereocenters. The van der Waals surface area contributed by atoms with Crippen LogP contribution in [0.5, 0.6) is 0 Å². The van der Waals surface area contributed by atoms with E-state index < -0.39 is 0 Å². The van der Waals surface area contributed by atoms with Gasteiger partial charge in [0.25, 0.3) is 0 Å². The summed E-state index contributed by atoms with van der Waals surface area (Å²) in [5.74, 6) is 0.111. The maximum Gasteiger partial charge on any atom is 0.222 e. The number of nitrogens with two attached hydrogens (primary N) is 1. The molecule has 0 saturated carbocycles. The van der Waals surface area contributed by atoms with Crippen LogP contribution in [-0.2, 0) is 11.3 Å². The lowest BCUT2D eigenvalue weighted by atomic mass is 10.2. The number of para-hydroxylation sites is 1. The van der Waals surface area contributed by atoms with Gasteiger partial charge in [-0.15, -0.1) is 0 Å². The molecule has 112 valence electrons. The predicted molar refractivity (Wildman–Crippen MR) is 82.9 cm³/mol. The van der Waals surface area contributed by atoms with E-state index in [2.05, 4.69) is 5.10 Å². The molecule has 2 aromatic rings. The Morgan fingerprint density at radius 1 is 1.38 bits per heavy atom. The van der Waals surface area contributed by atoms with E-state index in [1.54, 1.807) is 11.1 Å². The lowest BCUT2D eigenvalue weighted by molar-refractivity contribution is -0.130. The predicted octanol–water partition coefficient (Wildman–Crippen LogP) is 1.96. The Hall–Kier alpha value is -2.14. The lowest BCUT2D eigenvalue weighted by Crippen LogP contribution is -2.27. The van der Waals surface area contributed by atoms with Crippen molar-refractivity contribution >= 4 is 5.91 Å². The van der Waals surface area contributed by atoms with E-state index in [0.717, 1.165) is 11.3 Å². The van der Waals surface area contributed by atoms with Gasteiger partial charge in [0.05, 0.1) is 11.9 Å². The normalized spacial score (nSPS) is 12.1. The monoisotopic (exact) mass is 286 g/mol. The summed E-state index contributed by atoms with van der Waals surface area (Å²) >= 11 is 0. The Kier molecular flexibility index (Phi) is 5.11. The standard InChI is InChI=1S/C16H22N4O/c1-13(17)8-9-16(21)19(2)11-14-10-18-20(12-14)15-6-4-3-5-7-15/h3-7,10,12-13H,8-9,11,17H2,1-2H3. The number of nitrogens with zero attached hydrogens (tertiary/aromatic N) is 3. The highest BCUT2D eigenvalue weighted by Gasteiger charge is 2.11. The van der Waals surface area contributed by atoms with E-state index >= 15 is 0 Å². The molecule has 0 saturated heterocycles. The van der Waals surface area contributed by atoms with Crippen LogP contribution >= 0.6 is 0 Å². The third-order valence-electron chi connectivity index (χ3n) is 3.32. The number of benzene rings is 1. The van der Waals surface area contributed by atoms with Gasteiger partial charge < -0.3 is 10.6 Å². The second-order valence-electron chi connectivity index (χ2n) is 5.39. The largest absolute Gasteiger partial charge is 0.341 e. The second-order valence-corrected chi connectivity index (χ2v) is 5.39. The number of carbonyl (C=O) groups is 1. The van der Waals surface area contributed by atoms with Crippen molar-refractivity contribution in [3.05, 3.63) is 48.3 Å². The summed E-state index contributed by atoms with van der Waals surface area (Å²) in [7, 11) is 1.81. The maximum absolute atomic E-state index is 12.0. The first kappa shape index (κ1) is 15.3. The van der Waals surface area contributed by atoms with Crippen LogP contribution in [0.25, 0.3) is 5.69 Å². The Balaban J connectivity index is 1.95. The highest BCUT2D eigenvalue weighted by molar-refractivity contribution is 5.75. The van der Waals surface area contributed by atoms with Crippen LogP contribution in [-0.4, -0.2) is 33.7 Å². The molecule has 2 N–H and O–H groups in total. The summed E-state index contributed by atoms with van der Waals surface area (Å²) in [6.45, 7) is 2.47. The van der Waals surface area contributed by atoms with E-state index in [4.69, 9.17) is 5.73 Å². The minimum Gasteiger partial charge on any atom is -0.341 e. The first-order valence-corrected chi connectivity index (χ1v) is 7.15. The van der Waals surface area contributed by atoms with E-state index in [9.17, 15) is 4.79 Å². The van der Waals surface area contributed by atoms with Gasteiger partial charge >= 0.3 is 0 Å². The molecular formula is C16H22N4O. The molecule has 0 bridgehead atoms. The highest BCUT2D eigenvalue weighted by atomic mass is 16.2. The number of amides is 1. The minimum atomic E-state index is 0.0585. The molecule has 1 aromatic carbocycles. The SMILES string of the molecule is CC(N)CCC(=O)N(C)Cc1cnn(-c2ccccc2)c1. The Labute approximate surface area is 125 Å². The highest BCUT2D eigenvalue weighted by Crippen LogP contribution is 2.10. The molecular weight excluding hydrogens is 264 g/mol. The molecule has 1 heterocycles. The van der Waals surface area contributed by atoms with Crippen molar-refractivity contribution in [2.45, 2.75) is 32.4 Å². The molecule has 2 rings (SSSR count). The fourth-order valence-corrected chi connectivity index (χ4v) is 2.07. The van der Waals surface area contributed by atoms with E-state index in [0.29, 0.717) is 19.4 Å². The lowest BCUT2D eigenvalue weighted by Gasteiger charge is -2.16. The maximum atomic E-state index is 12.0. The summed E-state index contributed by atoms with van der Waals surface area (Å²) in [5, 5.41) is 4.33. The summed E-state index contributed by atoms with van der Waals surface area (Å²) < 4.78 is 1.82. The van der Waals surface area contributed by atoms with Gasteiger partial charge in [0.2, 0.25) is 5.91 Å². The van der Waals surface area contributed by atoms with Crippen molar-refractivity contribution < 1.29 is 4.79 Å². The zero-order valence-electron chi connectivity index (χ0n) is 12.6. The average Bonchev–Trinajstić information content (AvgIpc) is 2.94. The summed E-state index contributed by atoms with van der Waals surface area (Å²) in [6.07, 6.45) is 4.94. The van der Waals surface area contributed by atoms with Crippen molar-refractivity contribution in [2.75, 3.05) is 7.05 Å². The van der Waals surface area contributed by atoms with Crippen molar-refractivity contribution in [3.8, 4) is 5.69 Å². The van der Waals surface area contributed by atoms with Gasteiger partial charge in [0.1, 0.15) is 0 Å². The zero-order valence-corrected chi connectivity index (χ0v) is 12.6. The topological polar surface area (TPSA) is 64.2 Å². The van der Waals surface area contributed by atoms with Gasteiger partial charge in [0, 0.05) is 37.8 Å².